The molecule has 0 atom stereocenters. The van der Waals surface area contributed by atoms with Gasteiger partial charge in [-0.15, -0.1) is 0 Å². The number of nitrogens with zero attached hydrogens (tertiary/aromatic N) is 4. The van der Waals surface area contributed by atoms with Gasteiger partial charge in [-0.05, 0) is 36.6 Å². The lowest BCUT2D eigenvalue weighted by atomic mass is 10.2. The van der Waals surface area contributed by atoms with E-state index in [1.807, 2.05) is 60.7 Å². The highest BCUT2D eigenvalue weighted by molar-refractivity contribution is 6.04. The fourth-order valence-electron chi connectivity index (χ4n) is 3.33. The molecule has 1 fully saturated rings. The van der Waals surface area contributed by atoms with E-state index in [0.29, 0.717) is 18.2 Å². The summed E-state index contributed by atoms with van der Waals surface area (Å²) < 4.78 is 0. The van der Waals surface area contributed by atoms with Crippen LogP contribution in [-0.2, 0) is 6.54 Å². The quantitative estimate of drug-likeness (QED) is 0.693. The zero-order valence-corrected chi connectivity index (χ0v) is 15.2. The first-order valence-corrected chi connectivity index (χ1v) is 9.30. The Bertz CT molecular complexity index is 892. The largest absolute Gasteiger partial charge is 0.341 e. The van der Waals surface area contributed by atoms with Gasteiger partial charge in [0.05, 0.1) is 6.54 Å². The van der Waals surface area contributed by atoms with E-state index in [-0.39, 0.29) is 5.91 Å². The molecule has 1 aliphatic heterocycles. The molecule has 5 nitrogen and oxygen atoms in total. The van der Waals surface area contributed by atoms with Gasteiger partial charge in [-0.2, -0.15) is 0 Å². The molecule has 1 aliphatic rings. The standard InChI is InChI=1S/C22H22N4O/c27-21(20-13-14-23-22(24-20)25-15-7-8-16-25)26(19-11-5-2-6-12-19)17-18-9-3-1-4-10-18/h1-6,9-14H,7-8,15-17H2. The fraction of sp³-hybridized carbons (Fsp3) is 0.227. The van der Waals surface area contributed by atoms with Crippen LogP contribution >= 0.6 is 0 Å². The maximum atomic E-state index is 13.3. The number of rotatable bonds is 5. The van der Waals surface area contributed by atoms with Gasteiger partial charge in [0.1, 0.15) is 5.69 Å². The maximum Gasteiger partial charge on any atom is 0.277 e. The number of aromatic nitrogens is 2. The van der Waals surface area contributed by atoms with Crippen LogP contribution in [0.4, 0.5) is 11.6 Å². The summed E-state index contributed by atoms with van der Waals surface area (Å²) in [5.74, 6) is 0.527. The second kappa shape index (κ2) is 7.99. The van der Waals surface area contributed by atoms with Crippen LogP contribution in [0.1, 0.15) is 28.9 Å². The molecule has 0 bridgehead atoms. The molecule has 2 aromatic carbocycles. The Hall–Kier alpha value is -3.21. The van der Waals surface area contributed by atoms with Crippen LogP contribution in [0.25, 0.3) is 0 Å². The summed E-state index contributed by atoms with van der Waals surface area (Å²) in [4.78, 5) is 26.2. The van der Waals surface area contributed by atoms with E-state index < -0.39 is 0 Å². The van der Waals surface area contributed by atoms with Crippen LogP contribution in [0.2, 0.25) is 0 Å². The zero-order chi connectivity index (χ0) is 18.5. The van der Waals surface area contributed by atoms with Crippen LogP contribution < -0.4 is 9.80 Å². The minimum Gasteiger partial charge on any atom is -0.341 e. The van der Waals surface area contributed by atoms with Crippen LogP contribution in [0, 0.1) is 0 Å². The number of para-hydroxylation sites is 1. The van der Waals surface area contributed by atoms with Crippen LogP contribution in [0.15, 0.2) is 72.9 Å². The summed E-state index contributed by atoms with van der Waals surface area (Å²) in [7, 11) is 0. The van der Waals surface area contributed by atoms with Gasteiger partial charge in [-0.25, -0.2) is 9.97 Å². The SMILES string of the molecule is O=C(c1ccnc(N2CCCC2)n1)N(Cc1ccccc1)c1ccccc1. The smallest absolute Gasteiger partial charge is 0.277 e. The fourth-order valence-corrected chi connectivity index (χ4v) is 3.33. The third-order valence-electron chi connectivity index (χ3n) is 4.75. The van der Waals surface area contributed by atoms with E-state index >= 15 is 0 Å². The van der Waals surface area contributed by atoms with Gasteiger partial charge in [0.25, 0.3) is 5.91 Å². The van der Waals surface area contributed by atoms with E-state index in [1.165, 1.54) is 0 Å². The Balaban J connectivity index is 1.65. The van der Waals surface area contributed by atoms with E-state index in [0.717, 1.165) is 37.2 Å². The van der Waals surface area contributed by atoms with Gasteiger partial charge in [0.15, 0.2) is 0 Å². The molecule has 0 saturated carbocycles. The third kappa shape index (κ3) is 3.97. The Morgan fingerprint density at radius 1 is 0.926 bits per heavy atom. The molecule has 1 saturated heterocycles. The zero-order valence-electron chi connectivity index (χ0n) is 15.2. The Kier molecular flexibility index (Phi) is 5.10. The molecule has 0 radical (unpaired) electrons. The molecule has 5 heteroatoms. The van der Waals surface area contributed by atoms with Crippen molar-refractivity contribution < 1.29 is 4.79 Å². The van der Waals surface area contributed by atoms with Crippen molar-refractivity contribution in [1.82, 2.24) is 9.97 Å². The van der Waals surface area contributed by atoms with E-state index in [1.54, 1.807) is 17.2 Å². The van der Waals surface area contributed by atoms with Gasteiger partial charge in [-0.1, -0.05) is 48.5 Å². The second-order valence-electron chi connectivity index (χ2n) is 6.65. The predicted molar refractivity (Wildman–Crippen MR) is 107 cm³/mol. The molecule has 1 aromatic heterocycles. The molecule has 2 heterocycles. The van der Waals surface area contributed by atoms with Gasteiger partial charge >= 0.3 is 0 Å². The summed E-state index contributed by atoms with van der Waals surface area (Å²) in [5.41, 5.74) is 2.35. The van der Waals surface area contributed by atoms with Gasteiger partial charge in [0.2, 0.25) is 5.95 Å². The van der Waals surface area contributed by atoms with Crippen LogP contribution in [0.5, 0.6) is 0 Å². The minimum atomic E-state index is -0.118. The van der Waals surface area contributed by atoms with Crippen molar-refractivity contribution in [3.8, 4) is 0 Å². The average molecular weight is 358 g/mol. The highest BCUT2D eigenvalue weighted by Gasteiger charge is 2.22. The van der Waals surface area contributed by atoms with Crippen molar-refractivity contribution in [2.75, 3.05) is 22.9 Å². The molecule has 0 N–H and O–H groups in total. The summed E-state index contributed by atoms with van der Waals surface area (Å²) in [5, 5.41) is 0. The molecule has 3 aromatic rings. The normalized spacial score (nSPS) is 13.6. The van der Waals surface area contributed by atoms with Gasteiger partial charge in [0, 0.05) is 25.0 Å². The molecule has 27 heavy (non-hydrogen) atoms. The summed E-state index contributed by atoms with van der Waals surface area (Å²) in [6.45, 7) is 2.39. The first kappa shape index (κ1) is 17.2. The van der Waals surface area contributed by atoms with Crippen molar-refractivity contribution in [2.45, 2.75) is 19.4 Å². The third-order valence-corrected chi connectivity index (χ3v) is 4.75. The van der Waals surface area contributed by atoms with Crippen molar-refractivity contribution in [2.24, 2.45) is 0 Å². The van der Waals surface area contributed by atoms with Crippen molar-refractivity contribution in [3.05, 3.63) is 84.2 Å². The highest BCUT2D eigenvalue weighted by Crippen LogP contribution is 2.21. The number of amides is 1. The lowest BCUT2D eigenvalue weighted by Crippen LogP contribution is -2.32. The summed E-state index contributed by atoms with van der Waals surface area (Å²) in [6, 6.07) is 21.4. The second-order valence-corrected chi connectivity index (χ2v) is 6.65. The number of hydrogen-bond acceptors (Lipinski definition) is 4. The Morgan fingerprint density at radius 2 is 1.59 bits per heavy atom. The Morgan fingerprint density at radius 3 is 2.30 bits per heavy atom. The molecule has 0 unspecified atom stereocenters. The van der Waals surface area contributed by atoms with Gasteiger partial charge in [-0.3, -0.25) is 4.79 Å². The molecule has 0 spiro atoms. The lowest BCUT2D eigenvalue weighted by molar-refractivity contribution is 0.0980. The molecular weight excluding hydrogens is 336 g/mol. The van der Waals surface area contributed by atoms with Crippen molar-refractivity contribution in [1.29, 1.82) is 0 Å². The Labute approximate surface area is 159 Å². The van der Waals surface area contributed by atoms with E-state index in [9.17, 15) is 4.79 Å². The molecule has 4 rings (SSSR count). The molecular formula is C22H22N4O. The average Bonchev–Trinajstić information content (AvgIpc) is 3.28. The van der Waals surface area contributed by atoms with Gasteiger partial charge < -0.3 is 9.80 Å². The number of anilines is 2. The number of carbonyl (C=O) groups excluding carboxylic acids is 1. The topological polar surface area (TPSA) is 49.3 Å². The first-order valence-electron chi connectivity index (χ1n) is 9.30. The molecule has 1 amide bonds. The summed E-state index contributed by atoms with van der Waals surface area (Å²) in [6.07, 6.45) is 3.97. The molecule has 0 aliphatic carbocycles. The minimum absolute atomic E-state index is 0.118. The maximum absolute atomic E-state index is 13.3. The predicted octanol–water partition coefficient (Wildman–Crippen LogP) is 3.92. The number of hydrogen-bond donors (Lipinski definition) is 0. The first-order chi connectivity index (χ1) is 13.3. The lowest BCUT2D eigenvalue weighted by Gasteiger charge is -2.23. The van der Waals surface area contributed by atoms with Crippen LogP contribution in [-0.4, -0.2) is 29.0 Å². The molecule has 136 valence electrons. The highest BCUT2D eigenvalue weighted by atomic mass is 16.2. The number of benzene rings is 2. The van der Waals surface area contributed by atoms with Crippen molar-refractivity contribution in [3.63, 3.8) is 0 Å². The number of carbonyl (C=O) groups is 1. The van der Waals surface area contributed by atoms with E-state index in [2.05, 4.69) is 14.9 Å². The summed E-state index contributed by atoms with van der Waals surface area (Å²) >= 11 is 0. The van der Waals surface area contributed by atoms with Crippen molar-refractivity contribution >= 4 is 17.5 Å². The van der Waals surface area contributed by atoms with Crippen LogP contribution in [0.3, 0.4) is 0 Å². The van der Waals surface area contributed by atoms with E-state index in [4.69, 9.17) is 0 Å². The monoisotopic (exact) mass is 358 g/mol.